The first-order valence-electron chi connectivity index (χ1n) is 7.68. The molecule has 0 aliphatic carbocycles. The fourth-order valence-electron chi connectivity index (χ4n) is 2.28. The molecule has 0 radical (unpaired) electrons. The zero-order valence-corrected chi connectivity index (χ0v) is 13.5. The third-order valence-electron chi connectivity index (χ3n) is 3.42. The van der Waals surface area contributed by atoms with E-state index in [0.29, 0.717) is 5.56 Å². The molecule has 0 bridgehead atoms. The topological polar surface area (TPSA) is 101 Å². The second-order valence-corrected chi connectivity index (χ2v) is 5.22. The van der Waals surface area contributed by atoms with Crippen LogP contribution in [0.2, 0.25) is 0 Å². The maximum atomic E-state index is 13.6. The van der Waals surface area contributed by atoms with Gasteiger partial charge in [0, 0.05) is 18.2 Å². The van der Waals surface area contributed by atoms with Crippen LogP contribution in [-0.4, -0.2) is 32.2 Å². The van der Waals surface area contributed by atoms with E-state index in [2.05, 4.69) is 20.4 Å². The molecule has 0 aliphatic heterocycles. The predicted molar refractivity (Wildman–Crippen MR) is 87.7 cm³/mol. The van der Waals surface area contributed by atoms with Crippen molar-refractivity contribution in [3.05, 3.63) is 57.8 Å². The second kappa shape index (κ2) is 7.12. The van der Waals surface area contributed by atoms with Gasteiger partial charge in [0.1, 0.15) is 5.82 Å². The van der Waals surface area contributed by atoms with Crippen LogP contribution in [0.5, 0.6) is 0 Å². The van der Waals surface area contributed by atoms with E-state index in [-0.39, 0.29) is 42.8 Å². The summed E-state index contributed by atoms with van der Waals surface area (Å²) in [6, 6.07) is 7.58. The van der Waals surface area contributed by atoms with Crippen LogP contribution >= 0.6 is 0 Å². The number of aromatic amines is 1. The first-order chi connectivity index (χ1) is 12.1. The van der Waals surface area contributed by atoms with Gasteiger partial charge in [-0.15, -0.1) is 0 Å². The SMILES string of the molecule is CCOC(=O)Cc1cc(=O)n2[nH]c(NCc3ccccc3F)nc2n1. The van der Waals surface area contributed by atoms with Crippen molar-refractivity contribution in [2.75, 3.05) is 11.9 Å². The number of esters is 1. The Morgan fingerprint density at radius 3 is 2.92 bits per heavy atom. The quantitative estimate of drug-likeness (QED) is 0.653. The van der Waals surface area contributed by atoms with Crippen LogP contribution in [-0.2, 0) is 22.5 Å². The number of rotatable bonds is 6. The largest absolute Gasteiger partial charge is 0.466 e. The molecule has 2 heterocycles. The van der Waals surface area contributed by atoms with E-state index in [1.165, 1.54) is 12.1 Å². The summed E-state index contributed by atoms with van der Waals surface area (Å²) in [4.78, 5) is 31.9. The van der Waals surface area contributed by atoms with Crippen molar-refractivity contribution in [3.63, 3.8) is 0 Å². The molecule has 3 rings (SSSR count). The van der Waals surface area contributed by atoms with Crippen molar-refractivity contribution < 1.29 is 13.9 Å². The minimum Gasteiger partial charge on any atom is -0.466 e. The van der Waals surface area contributed by atoms with Crippen molar-refractivity contribution in [1.82, 2.24) is 19.6 Å². The summed E-state index contributed by atoms with van der Waals surface area (Å²) >= 11 is 0. The number of fused-ring (bicyclic) bond motifs is 1. The lowest BCUT2D eigenvalue weighted by molar-refractivity contribution is -0.142. The number of nitrogens with zero attached hydrogens (tertiary/aromatic N) is 3. The Kier molecular flexibility index (Phi) is 4.73. The highest BCUT2D eigenvalue weighted by molar-refractivity contribution is 5.72. The normalized spacial score (nSPS) is 10.8. The van der Waals surface area contributed by atoms with Gasteiger partial charge in [-0.1, -0.05) is 18.2 Å². The zero-order chi connectivity index (χ0) is 17.8. The third-order valence-corrected chi connectivity index (χ3v) is 3.42. The monoisotopic (exact) mass is 345 g/mol. The first kappa shape index (κ1) is 16.6. The fourth-order valence-corrected chi connectivity index (χ4v) is 2.28. The Bertz CT molecular complexity index is 966. The zero-order valence-electron chi connectivity index (χ0n) is 13.5. The van der Waals surface area contributed by atoms with Gasteiger partial charge >= 0.3 is 5.97 Å². The van der Waals surface area contributed by atoms with Crippen LogP contribution in [0.1, 0.15) is 18.2 Å². The number of H-pyrrole nitrogens is 1. The average Bonchev–Trinajstić information content (AvgIpc) is 2.98. The minimum atomic E-state index is -0.466. The molecule has 25 heavy (non-hydrogen) atoms. The number of carbonyl (C=O) groups is 1. The molecule has 1 aromatic carbocycles. The van der Waals surface area contributed by atoms with Gasteiger partial charge in [0.25, 0.3) is 11.3 Å². The van der Waals surface area contributed by atoms with Crippen molar-refractivity contribution in [1.29, 1.82) is 0 Å². The number of hydrogen-bond donors (Lipinski definition) is 2. The molecule has 0 amide bonds. The van der Waals surface area contributed by atoms with Gasteiger partial charge < -0.3 is 10.1 Å². The fraction of sp³-hybridized carbons (Fsp3) is 0.250. The lowest BCUT2D eigenvalue weighted by atomic mass is 10.2. The maximum Gasteiger partial charge on any atom is 0.311 e. The van der Waals surface area contributed by atoms with Crippen LogP contribution in [0, 0.1) is 5.82 Å². The highest BCUT2D eigenvalue weighted by atomic mass is 19.1. The number of hydrogen-bond acceptors (Lipinski definition) is 6. The molecule has 2 N–H and O–H groups in total. The first-order valence-corrected chi connectivity index (χ1v) is 7.68. The van der Waals surface area contributed by atoms with Gasteiger partial charge in [-0.2, -0.15) is 9.50 Å². The number of ether oxygens (including phenoxy) is 1. The van der Waals surface area contributed by atoms with Gasteiger partial charge in [0.15, 0.2) is 0 Å². The van der Waals surface area contributed by atoms with Gasteiger partial charge in [0.2, 0.25) is 5.95 Å². The Hall–Kier alpha value is -3.23. The van der Waals surface area contributed by atoms with E-state index in [9.17, 15) is 14.0 Å². The van der Waals surface area contributed by atoms with Crippen molar-refractivity contribution >= 4 is 17.7 Å². The van der Waals surface area contributed by atoms with Gasteiger partial charge in [-0.3, -0.25) is 14.7 Å². The molecule has 8 nitrogen and oxygen atoms in total. The molecule has 0 atom stereocenters. The molecule has 9 heteroatoms. The number of nitrogens with one attached hydrogen (secondary N) is 2. The summed E-state index contributed by atoms with van der Waals surface area (Å²) in [7, 11) is 0. The van der Waals surface area contributed by atoms with E-state index in [1.807, 2.05) is 0 Å². The third kappa shape index (κ3) is 3.82. The van der Waals surface area contributed by atoms with Crippen molar-refractivity contribution in [2.45, 2.75) is 19.9 Å². The predicted octanol–water partition coefficient (Wildman–Crippen LogP) is 1.27. The molecular formula is C16H16FN5O3. The molecule has 0 saturated carbocycles. The summed E-state index contributed by atoms with van der Waals surface area (Å²) in [5.74, 6) is -0.422. The van der Waals surface area contributed by atoms with Gasteiger partial charge in [-0.05, 0) is 13.0 Å². The van der Waals surface area contributed by atoms with Crippen molar-refractivity contribution in [3.8, 4) is 0 Å². The summed E-state index contributed by atoms with van der Waals surface area (Å²) in [6.07, 6.45) is -0.107. The molecule has 0 aliphatic rings. The van der Waals surface area contributed by atoms with Gasteiger partial charge in [0.05, 0.1) is 18.7 Å². The Morgan fingerprint density at radius 2 is 2.16 bits per heavy atom. The maximum absolute atomic E-state index is 13.6. The van der Waals surface area contributed by atoms with E-state index in [4.69, 9.17) is 4.74 Å². The lowest BCUT2D eigenvalue weighted by Crippen LogP contribution is -2.18. The number of carbonyl (C=O) groups excluding carboxylic acids is 1. The molecular weight excluding hydrogens is 329 g/mol. The standard InChI is InChI=1S/C16H16FN5O3/c1-2-25-14(24)8-11-7-13(23)22-16(19-11)20-15(21-22)18-9-10-5-3-4-6-12(10)17/h3-7H,2,8-9H2,1H3,(H2,18,19,20,21). The van der Waals surface area contributed by atoms with Crippen LogP contribution < -0.4 is 10.9 Å². The van der Waals surface area contributed by atoms with Crippen LogP contribution in [0.25, 0.3) is 5.78 Å². The second-order valence-electron chi connectivity index (χ2n) is 5.22. The molecule has 2 aromatic heterocycles. The number of halogens is 1. The average molecular weight is 345 g/mol. The van der Waals surface area contributed by atoms with E-state index < -0.39 is 11.5 Å². The highest BCUT2D eigenvalue weighted by Gasteiger charge is 2.11. The van der Waals surface area contributed by atoms with Crippen molar-refractivity contribution in [2.24, 2.45) is 0 Å². The van der Waals surface area contributed by atoms with E-state index in [1.54, 1.807) is 25.1 Å². The molecule has 0 unspecified atom stereocenters. The number of anilines is 1. The molecule has 130 valence electrons. The number of aromatic nitrogens is 4. The Balaban J connectivity index is 1.80. The lowest BCUT2D eigenvalue weighted by Gasteiger charge is -2.03. The van der Waals surface area contributed by atoms with E-state index in [0.717, 1.165) is 4.52 Å². The number of benzene rings is 1. The minimum absolute atomic E-state index is 0.107. The molecule has 0 saturated heterocycles. The summed E-state index contributed by atoms with van der Waals surface area (Å²) in [5.41, 5.74) is 0.331. The van der Waals surface area contributed by atoms with Crippen LogP contribution in [0.4, 0.5) is 10.3 Å². The van der Waals surface area contributed by atoms with Gasteiger partial charge in [-0.25, -0.2) is 9.37 Å². The summed E-state index contributed by atoms with van der Waals surface area (Å²) in [5, 5.41) is 5.64. The summed E-state index contributed by atoms with van der Waals surface area (Å²) < 4.78 is 19.6. The Labute approximate surface area is 141 Å². The summed E-state index contributed by atoms with van der Waals surface area (Å²) in [6.45, 7) is 2.15. The van der Waals surface area contributed by atoms with Crippen LogP contribution in [0.15, 0.2) is 35.1 Å². The Morgan fingerprint density at radius 1 is 1.36 bits per heavy atom. The molecule has 0 spiro atoms. The van der Waals surface area contributed by atoms with E-state index >= 15 is 0 Å². The molecule has 0 fully saturated rings. The van der Waals surface area contributed by atoms with Crippen LogP contribution in [0.3, 0.4) is 0 Å². The highest BCUT2D eigenvalue weighted by Crippen LogP contribution is 2.09. The smallest absolute Gasteiger partial charge is 0.311 e. The molecule has 3 aromatic rings.